The van der Waals surface area contributed by atoms with E-state index in [1.807, 2.05) is 11.8 Å². The monoisotopic (exact) mass is 259 g/mol. The van der Waals surface area contributed by atoms with Crippen LogP contribution in [-0.4, -0.2) is 34.0 Å². The Hall–Kier alpha value is -0.710. The molecular formula is C12H21NO3S. The van der Waals surface area contributed by atoms with Gasteiger partial charge in [0.1, 0.15) is 0 Å². The highest BCUT2D eigenvalue weighted by atomic mass is 32.2. The lowest BCUT2D eigenvalue weighted by atomic mass is 9.95. The van der Waals surface area contributed by atoms with Gasteiger partial charge in [0.2, 0.25) is 5.91 Å². The van der Waals surface area contributed by atoms with E-state index in [2.05, 4.69) is 12.2 Å². The lowest BCUT2D eigenvalue weighted by Crippen LogP contribution is -2.41. The normalized spacial score (nSPS) is 27.5. The van der Waals surface area contributed by atoms with Crippen molar-refractivity contribution in [2.45, 2.75) is 38.4 Å². The molecule has 0 bridgehead atoms. The van der Waals surface area contributed by atoms with Gasteiger partial charge in [0.05, 0.1) is 5.92 Å². The van der Waals surface area contributed by atoms with Crippen LogP contribution in [0.15, 0.2) is 0 Å². The zero-order valence-corrected chi connectivity index (χ0v) is 11.5. The second kappa shape index (κ2) is 5.76. The summed E-state index contributed by atoms with van der Waals surface area (Å²) in [6.07, 6.45) is 2.30. The summed E-state index contributed by atoms with van der Waals surface area (Å²) in [6.45, 7) is 6.01. The highest BCUT2D eigenvalue weighted by Crippen LogP contribution is 2.37. The smallest absolute Gasteiger partial charge is 0.307 e. The Morgan fingerprint density at radius 1 is 1.41 bits per heavy atom. The van der Waals surface area contributed by atoms with Crippen molar-refractivity contribution in [1.29, 1.82) is 0 Å². The fraction of sp³-hybridized carbons (Fsp3) is 0.833. The molecule has 0 aromatic carbocycles. The predicted molar refractivity (Wildman–Crippen MR) is 69.1 cm³/mol. The molecule has 0 radical (unpaired) electrons. The van der Waals surface area contributed by atoms with E-state index in [9.17, 15) is 9.59 Å². The van der Waals surface area contributed by atoms with Crippen LogP contribution in [0.1, 0.15) is 33.6 Å². The fourth-order valence-corrected chi connectivity index (χ4v) is 3.10. The Labute approximate surface area is 107 Å². The minimum absolute atomic E-state index is 0.127. The summed E-state index contributed by atoms with van der Waals surface area (Å²) in [4.78, 5) is 22.6. The van der Waals surface area contributed by atoms with E-state index >= 15 is 0 Å². The lowest BCUT2D eigenvalue weighted by Gasteiger charge is -2.24. The van der Waals surface area contributed by atoms with Gasteiger partial charge in [-0.25, -0.2) is 0 Å². The number of carboxylic acid groups (broad SMARTS) is 1. The Morgan fingerprint density at radius 2 is 2.06 bits per heavy atom. The summed E-state index contributed by atoms with van der Waals surface area (Å²) in [6, 6.07) is 0. The quantitative estimate of drug-likeness (QED) is 0.789. The van der Waals surface area contributed by atoms with Crippen LogP contribution in [0.3, 0.4) is 0 Å². The Kier molecular flexibility index (Phi) is 4.86. The molecule has 5 heteroatoms. The number of nitrogens with one attached hydrogen (secondary N) is 1. The molecule has 4 nitrogen and oxygen atoms in total. The number of carbonyl (C=O) groups is 2. The van der Waals surface area contributed by atoms with Gasteiger partial charge in [-0.05, 0) is 25.5 Å². The number of rotatable bonds is 5. The Bertz CT molecular complexity index is 300. The molecule has 1 amide bonds. The zero-order chi connectivity index (χ0) is 13.1. The van der Waals surface area contributed by atoms with Crippen LogP contribution >= 0.6 is 11.8 Å². The van der Waals surface area contributed by atoms with Gasteiger partial charge in [-0.1, -0.05) is 13.8 Å². The summed E-state index contributed by atoms with van der Waals surface area (Å²) < 4.78 is 0.127. The first-order valence-electron chi connectivity index (χ1n) is 6.00. The molecule has 1 heterocycles. The van der Waals surface area contributed by atoms with E-state index in [1.165, 1.54) is 6.42 Å². The van der Waals surface area contributed by atoms with E-state index in [0.717, 1.165) is 12.2 Å². The lowest BCUT2D eigenvalue weighted by molar-refractivity contribution is -0.146. The molecule has 17 heavy (non-hydrogen) atoms. The van der Waals surface area contributed by atoms with Crippen LogP contribution in [0, 0.1) is 11.8 Å². The average molecular weight is 259 g/mol. The standard InChI is InChI=1S/C12H21NO3S/c1-8(9(2)11(15)16)10(14)13-7-12(3)5-4-6-17-12/h8-9H,4-7H2,1-3H3,(H,13,14)(H,15,16). The van der Waals surface area contributed by atoms with Crippen LogP contribution in [0.4, 0.5) is 0 Å². The van der Waals surface area contributed by atoms with Crippen molar-refractivity contribution in [3.63, 3.8) is 0 Å². The first kappa shape index (κ1) is 14.4. The molecule has 0 aliphatic carbocycles. The molecule has 3 unspecified atom stereocenters. The fourth-order valence-electron chi connectivity index (χ4n) is 1.85. The SMILES string of the molecule is CC(C(=O)O)C(C)C(=O)NCC1(C)CCCS1. The maximum absolute atomic E-state index is 11.8. The van der Waals surface area contributed by atoms with E-state index in [0.29, 0.717) is 6.54 Å². The third-order valence-corrected chi connectivity index (χ3v) is 5.03. The van der Waals surface area contributed by atoms with Crippen molar-refractivity contribution in [2.24, 2.45) is 11.8 Å². The maximum Gasteiger partial charge on any atom is 0.307 e. The molecule has 0 aromatic rings. The molecule has 1 fully saturated rings. The van der Waals surface area contributed by atoms with Gasteiger partial charge in [0.25, 0.3) is 0 Å². The van der Waals surface area contributed by atoms with Gasteiger partial charge in [-0.15, -0.1) is 0 Å². The minimum atomic E-state index is -0.922. The van der Waals surface area contributed by atoms with Gasteiger partial charge in [-0.3, -0.25) is 9.59 Å². The van der Waals surface area contributed by atoms with E-state index in [4.69, 9.17) is 5.11 Å². The largest absolute Gasteiger partial charge is 0.481 e. The van der Waals surface area contributed by atoms with E-state index in [-0.39, 0.29) is 10.7 Å². The summed E-state index contributed by atoms with van der Waals surface area (Å²) in [5, 5.41) is 11.7. The Morgan fingerprint density at radius 3 is 2.53 bits per heavy atom. The van der Waals surface area contributed by atoms with Crippen LogP contribution < -0.4 is 5.32 Å². The van der Waals surface area contributed by atoms with E-state index in [1.54, 1.807) is 13.8 Å². The van der Waals surface area contributed by atoms with Crippen LogP contribution in [0.2, 0.25) is 0 Å². The molecule has 1 saturated heterocycles. The van der Waals surface area contributed by atoms with Crippen molar-refractivity contribution >= 4 is 23.6 Å². The third kappa shape index (κ3) is 3.91. The number of thioether (sulfide) groups is 1. The minimum Gasteiger partial charge on any atom is -0.481 e. The summed E-state index contributed by atoms with van der Waals surface area (Å²) >= 11 is 1.88. The van der Waals surface area contributed by atoms with Gasteiger partial charge in [-0.2, -0.15) is 11.8 Å². The van der Waals surface area contributed by atoms with Gasteiger partial charge >= 0.3 is 5.97 Å². The first-order valence-corrected chi connectivity index (χ1v) is 6.99. The van der Waals surface area contributed by atoms with Crippen molar-refractivity contribution in [1.82, 2.24) is 5.32 Å². The highest BCUT2D eigenvalue weighted by molar-refractivity contribution is 8.00. The van der Waals surface area contributed by atoms with Crippen molar-refractivity contribution in [2.75, 3.05) is 12.3 Å². The van der Waals surface area contributed by atoms with E-state index < -0.39 is 17.8 Å². The molecule has 98 valence electrons. The second-order valence-corrected chi connectivity index (χ2v) is 6.72. The third-order valence-electron chi connectivity index (χ3n) is 3.49. The number of aliphatic carboxylic acids is 1. The Balaban J connectivity index is 2.41. The van der Waals surface area contributed by atoms with Crippen molar-refractivity contribution in [3.8, 4) is 0 Å². The number of hydrogen-bond acceptors (Lipinski definition) is 3. The number of carboxylic acids is 1. The molecule has 0 saturated carbocycles. The molecule has 1 aliphatic heterocycles. The topological polar surface area (TPSA) is 66.4 Å². The van der Waals surface area contributed by atoms with Gasteiger partial charge in [0, 0.05) is 17.2 Å². The zero-order valence-electron chi connectivity index (χ0n) is 10.7. The highest BCUT2D eigenvalue weighted by Gasteiger charge is 2.31. The van der Waals surface area contributed by atoms with Crippen molar-refractivity contribution in [3.05, 3.63) is 0 Å². The molecule has 0 aromatic heterocycles. The van der Waals surface area contributed by atoms with Crippen LogP contribution in [0.5, 0.6) is 0 Å². The van der Waals surface area contributed by atoms with Crippen LogP contribution in [-0.2, 0) is 9.59 Å². The van der Waals surface area contributed by atoms with Crippen LogP contribution in [0.25, 0.3) is 0 Å². The first-order chi connectivity index (χ1) is 7.86. The second-order valence-electron chi connectivity index (χ2n) is 5.04. The summed E-state index contributed by atoms with van der Waals surface area (Å²) in [5.41, 5.74) is 0. The number of hydrogen-bond donors (Lipinski definition) is 2. The molecule has 1 aliphatic rings. The maximum atomic E-state index is 11.8. The van der Waals surface area contributed by atoms with Gasteiger partial charge in [0.15, 0.2) is 0 Å². The molecule has 3 atom stereocenters. The average Bonchev–Trinajstić information content (AvgIpc) is 2.71. The molecule has 1 rings (SSSR count). The number of amides is 1. The number of carbonyl (C=O) groups excluding carboxylic acids is 1. The predicted octanol–water partition coefficient (Wildman–Crippen LogP) is 1.75. The summed E-state index contributed by atoms with van der Waals surface area (Å²) in [7, 11) is 0. The van der Waals surface area contributed by atoms with Crippen molar-refractivity contribution < 1.29 is 14.7 Å². The summed E-state index contributed by atoms with van der Waals surface area (Å²) in [5.74, 6) is -1.06. The molecule has 2 N–H and O–H groups in total. The molecular weight excluding hydrogens is 238 g/mol. The molecule has 0 spiro atoms. The van der Waals surface area contributed by atoms with Gasteiger partial charge < -0.3 is 10.4 Å².